The van der Waals surface area contributed by atoms with Gasteiger partial charge in [0, 0.05) is 16.0 Å². The fourth-order valence-corrected chi connectivity index (χ4v) is 2.79. The zero-order valence-electron chi connectivity index (χ0n) is 12.1. The van der Waals surface area contributed by atoms with Crippen molar-refractivity contribution in [1.82, 2.24) is 9.78 Å². The summed E-state index contributed by atoms with van der Waals surface area (Å²) < 4.78 is 7.16. The lowest BCUT2D eigenvalue weighted by molar-refractivity contribution is -0.118. The first-order chi connectivity index (χ1) is 11.2. The van der Waals surface area contributed by atoms with Crippen LogP contribution in [0.3, 0.4) is 0 Å². The first-order valence-corrected chi connectivity index (χ1v) is 8.19. The monoisotopic (exact) mass is 347 g/mol. The summed E-state index contributed by atoms with van der Waals surface area (Å²) in [5.41, 5.74) is 0. The van der Waals surface area contributed by atoms with Crippen molar-refractivity contribution >= 4 is 34.7 Å². The molecule has 1 aromatic carbocycles. The van der Waals surface area contributed by atoms with Crippen molar-refractivity contribution in [3.05, 3.63) is 63.9 Å². The van der Waals surface area contributed by atoms with Crippen LogP contribution in [0.5, 0.6) is 5.75 Å². The van der Waals surface area contributed by atoms with Crippen LogP contribution in [0.25, 0.3) is 0 Å². The average molecular weight is 348 g/mol. The molecule has 0 aliphatic rings. The molecule has 0 unspecified atom stereocenters. The second-order valence-electron chi connectivity index (χ2n) is 4.74. The second kappa shape index (κ2) is 7.30. The summed E-state index contributed by atoms with van der Waals surface area (Å²) in [5, 5.41) is 9.66. The molecule has 0 atom stereocenters. The van der Waals surface area contributed by atoms with E-state index in [1.165, 1.54) is 4.88 Å². The lowest BCUT2D eigenvalue weighted by Crippen LogP contribution is -2.22. The Kier molecular flexibility index (Phi) is 4.95. The maximum Gasteiger partial charge on any atom is 0.263 e. The van der Waals surface area contributed by atoms with Gasteiger partial charge in [-0.1, -0.05) is 17.7 Å². The highest BCUT2D eigenvalue weighted by Crippen LogP contribution is 2.16. The SMILES string of the molecule is O=C(COc1ccc(Cl)cc1)Nc1ccnn1Cc1cccs1. The van der Waals surface area contributed by atoms with Gasteiger partial charge in [0.25, 0.3) is 5.91 Å². The number of nitrogens with zero attached hydrogens (tertiary/aromatic N) is 2. The standard InChI is InChI=1S/C16H14ClN3O2S/c17-12-3-5-13(6-4-12)22-11-16(21)19-15-7-8-18-20(15)10-14-2-1-9-23-14/h1-9H,10-11H2,(H,19,21). The van der Waals surface area contributed by atoms with Gasteiger partial charge in [0.2, 0.25) is 0 Å². The number of anilines is 1. The molecule has 1 amide bonds. The number of carbonyl (C=O) groups is 1. The Balaban J connectivity index is 1.56. The van der Waals surface area contributed by atoms with Gasteiger partial charge in [-0.3, -0.25) is 4.79 Å². The quantitative estimate of drug-likeness (QED) is 0.740. The summed E-state index contributed by atoms with van der Waals surface area (Å²) in [6, 6.07) is 12.6. The molecule has 3 aromatic rings. The van der Waals surface area contributed by atoms with Gasteiger partial charge in [-0.2, -0.15) is 5.10 Å². The van der Waals surface area contributed by atoms with E-state index < -0.39 is 0 Å². The fourth-order valence-electron chi connectivity index (χ4n) is 1.97. The number of rotatable bonds is 6. The topological polar surface area (TPSA) is 56.1 Å². The number of carbonyl (C=O) groups excluding carboxylic acids is 1. The normalized spacial score (nSPS) is 10.5. The summed E-state index contributed by atoms with van der Waals surface area (Å²) in [4.78, 5) is 13.2. The Bertz CT molecular complexity index is 769. The third-order valence-electron chi connectivity index (χ3n) is 3.05. The van der Waals surface area contributed by atoms with Crippen molar-refractivity contribution in [3.8, 4) is 5.75 Å². The molecule has 118 valence electrons. The van der Waals surface area contributed by atoms with Crippen LogP contribution in [-0.2, 0) is 11.3 Å². The van der Waals surface area contributed by atoms with Gasteiger partial charge in [0.05, 0.1) is 12.7 Å². The Morgan fingerprint density at radius 2 is 2.09 bits per heavy atom. The predicted molar refractivity (Wildman–Crippen MR) is 91.2 cm³/mol. The van der Waals surface area contributed by atoms with E-state index in [1.807, 2.05) is 17.5 Å². The average Bonchev–Trinajstić information content (AvgIpc) is 3.20. The van der Waals surface area contributed by atoms with E-state index in [0.717, 1.165) is 0 Å². The van der Waals surface area contributed by atoms with Gasteiger partial charge in [0.1, 0.15) is 11.6 Å². The molecule has 0 aliphatic heterocycles. The molecule has 7 heteroatoms. The third kappa shape index (κ3) is 4.34. The van der Waals surface area contributed by atoms with Crippen LogP contribution < -0.4 is 10.1 Å². The number of amides is 1. The molecule has 0 bridgehead atoms. The number of nitrogens with one attached hydrogen (secondary N) is 1. The zero-order valence-corrected chi connectivity index (χ0v) is 13.7. The number of benzene rings is 1. The predicted octanol–water partition coefficient (Wildman–Crippen LogP) is 3.66. The summed E-state index contributed by atoms with van der Waals surface area (Å²) in [5.74, 6) is 0.993. The molecular weight excluding hydrogens is 334 g/mol. The van der Waals surface area contributed by atoms with Crippen LogP contribution >= 0.6 is 22.9 Å². The minimum atomic E-state index is -0.243. The molecule has 23 heavy (non-hydrogen) atoms. The first-order valence-electron chi connectivity index (χ1n) is 6.93. The highest BCUT2D eigenvalue weighted by Gasteiger charge is 2.09. The van der Waals surface area contributed by atoms with Crippen LogP contribution in [0.4, 0.5) is 5.82 Å². The van der Waals surface area contributed by atoms with E-state index in [4.69, 9.17) is 16.3 Å². The van der Waals surface area contributed by atoms with Crippen LogP contribution in [0.1, 0.15) is 4.88 Å². The minimum Gasteiger partial charge on any atom is -0.484 e. The summed E-state index contributed by atoms with van der Waals surface area (Å²) >= 11 is 7.45. The van der Waals surface area contributed by atoms with E-state index in [9.17, 15) is 4.79 Å². The lowest BCUT2D eigenvalue weighted by Gasteiger charge is -2.09. The van der Waals surface area contributed by atoms with Gasteiger partial charge >= 0.3 is 0 Å². The number of hydrogen-bond donors (Lipinski definition) is 1. The third-order valence-corrected chi connectivity index (χ3v) is 4.17. The van der Waals surface area contributed by atoms with Crippen LogP contribution in [0.2, 0.25) is 5.02 Å². The smallest absolute Gasteiger partial charge is 0.263 e. The van der Waals surface area contributed by atoms with Crippen molar-refractivity contribution in [1.29, 1.82) is 0 Å². The molecule has 0 spiro atoms. The first kappa shape index (κ1) is 15.6. The van der Waals surface area contributed by atoms with Gasteiger partial charge in [-0.15, -0.1) is 11.3 Å². The van der Waals surface area contributed by atoms with E-state index in [-0.39, 0.29) is 12.5 Å². The summed E-state index contributed by atoms with van der Waals surface area (Å²) in [6.45, 7) is 0.546. The molecule has 0 aliphatic carbocycles. The number of ether oxygens (including phenoxy) is 1. The van der Waals surface area contributed by atoms with E-state index in [1.54, 1.807) is 52.5 Å². The van der Waals surface area contributed by atoms with Crippen molar-refractivity contribution in [3.63, 3.8) is 0 Å². The van der Waals surface area contributed by atoms with Gasteiger partial charge < -0.3 is 10.1 Å². The second-order valence-corrected chi connectivity index (χ2v) is 6.21. The van der Waals surface area contributed by atoms with E-state index in [0.29, 0.717) is 23.1 Å². The maximum atomic E-state index is 12.0. The molecule has 5 nitrogen and oxygen atoms in total. The van der Waals surface area contributed by atoms with Crippen molar-refractivity contribution in [2.75, 3.05) is 11.9 Å². The molecular formula is C16H14ClN3O2S. The molecule has 0 radical (unpaired) electrons. The fraction of sp³-hybridized carbons (Fsp3) is 0.125. The maximum absolute atomic E-state index is 12.0. The summed E-state index contributed by atoms with van der Waals surface area (Å²) in [7, 11) is 0. The van der Waals surface area contributed by atoms with Crippen LogP contribution in [0.15, 0.2) is 54.0 Å². The highest BCUT2D eigenvalue weighted by atomic mass is 35.5. The number of aromatic nitrogens is 2. The number of halogens is 1. The van der Waals surface area contributed by atoms with Crippen molar-refractivity contribution in [2.45, 2.75) is 6.54 Å². The van der Waals surface area contributed by atoms with Crippen molar-refractivity contribution < 1.29 is 9.53 Å². The zero-order chi connectivity index (χ0) is 16.1. The van der Waals surface area contributed by atoms with Gasteiger partial charge in [0.15, 0.2) is 6.61 Å². The Morgan fingerprint density at radius 3 is 2.83 bits per heavy atom. The molecule has 2 aromatic heterocycles. The van der Waals surface area contributed by atoms with Crippen LogP contribution in [0, 0.1) is 0 Å². The number of thiophene rings is 1. The molecule has 2 heterocycles. The molecule has 0 fully saturated rings. The lowest BCUT2D eigenvalue weighted by atomic mass is 10.3. The summed E-state index contributed by atoms with van der Waals surface area (Å²) in [6.07, 6.45) is 1.66. The Hall–Kier alpha value is -2.31. The Morgan fingerprint density at radius 1 is 1.26 bits per heavy atom. The minimum absolute atomic E-state index is 0.0776. The van der Waals surface area contributed by atoms with Gasteiger partial charge in [-0.25, -0.2) is 4.68 Å². The number of hydrogen-bond acceptors (Lipinski definition) is 4. The Labute approximate surface area is 142 Å². The van der Waals surface area contributed by atoms with E-state index in [2.05, 4.69) is 10.4 Å². The van der Waals surface area contributed by atoms with E-state index >= 15 is 0 Å². The molecule has 0 saturated carbocycles. The van der Waals surface area contributed by atoms with Crippen molar-refractivity contribution in [2.24, 2.45) is 0 Å². The van der Waals surface area contributed by atoms with Gasteiger partial charge in [-0.05, 0) is 35.7 Å². The largest absolute Gasteiger partial charge is 0.484 e. The molecule has 3 rings (SSSR count). The highest BCUT2D eigenvalue weighted by molar-refractivity contribution is 7.09. The molecule has 1 N–H and O–H groups in total. The van der Waals surface area contributed by atoms with Crippen LogP contribution in [-0.4, -0.2) is 22.3 Å². The molecule has 0 saturated heterocycles.